The number of aryl methyl sites for hydroxylation is 1. The average molecular weight is 210 g/mol. The summed E-state index contributed by atoms with van der Waals surface area (Å²) >= 11 is 0. The van der Waals surface area contributed by atoms with E-state index in [9.17, 15) is 0 Å². The highest BCUT2D eigenvalue weighted by Gasteiger charge is 2.25. The molecule has 1 aromatic carbocycles. The summed E-state index contributed by atoms with van der Waals surface area (Å²) in [5.74, 6) is 0. The van der Waals surface area contributed by atoms with E-state index in [1.54, 1.807) is 0 Å². The molecule has 0 aliphatic heterocycles. The molecule has 0 fully saturated rings. The normalized spacial score (nSPS) is 23.3. The Bertz CT molecular complexity index is 420. The van der Waals surface area contributed by atoms with Crippen molar-refractivity contribution in [2.24, 2.45) is 0 Å². The molecule has 1 aromatic rings. The molecule has 0 heteroatoms. The van der Waals surface area contributed by atoms with Crippen LogP contribution in [0.1, 0.15) is 24.5 Å². The van der Waals surface area contributed by atoms with Gasteiger partial charge in [-0.05, 0) is 24.0 Å². The Hall–Kier alpha value is -1.56. The van der Waals surface area contributed by atoms with Crippen LogP contribution in [-0.4, -0.2) is 0 Å². The Balaban J connectivity index is 2.37. The molecule has 0 N–H and O–H groups in total. The van der Waals surface area contributed by atoms with Crippen LogP contribution in [0.5, 0.6) is 0 Å². The number of allylic oxidation sites excluding steroid dienone is 5. The molecule has 0 aromatic heterocycles. The Kier molecular flexibility index (Phi) is 3.09. The largest absolute Gasteiger partial charge is 0.102 e. The van der Waals surface area contributed by atoms with Gasteiger partial charge in [0, 0.05) is 5.41 Å². The second-order valence-corrected chi connectivity index (χ2v) is 4.29. The molecule has 1 unspecified atom stereocenters. The van der Waals surface area contributed by atoms with Gasteiger partial charge in [-0.25, -0.2) is 0 Å². The third-order valence-corrected chi connectivity index (χ3v) is 3.36. The smallest absolute Gasteiger partial charge is 0.0347 e. The first kappa shape index (κ1) is 10.9. The second kappa shape index (κ2) is 4.52. The summed E-state index contributed by atoms with van der Waals surface area (Å²) in [5.41, 5.74) is 2.72. The maximum Gasteiger partial charge on any atom is 0.0347 e. The maximum atomic E-state index is 3.99. The van der Waals surface area contributed by atoms with E-state index in [1.165, 1.54) is 11.1 Å². The summed E-state index contributed by atoms with van der Waals surface area (Å²) < 4.78 is 0. The summed E-state index contributed by atoms with van der Waals surface area (Å²) in [6.07, 6.45) is 12.8. The van der Waals surface area contributed by atoms with Crippen molar-refractivity contribution in [2.45, 2.75) is 25.2 Å². The lowest BCUT2D eigenvalue weighted by atomic mass is 9.75. The van der Waals surface area contributed by atoms with Crippen LogP contribution in [-0.2, 0) is 11.8 Å². The fourth-order valence-corrected chi connectivity index (χ4v) is 2.17. The summed E-state index contributed by atoms with van der Waals surface area (Å²) in [6.45, 7) is 6.17. The fraction of sp³-hybridized carbons (Fsp3) is 0.250. The summed E-state index contributed by atoms with van der Waals surface area (Å²) in [6, 6.07) is 8.88. The van der Waals surface area contributed by atoms with Crippen molar-refractivity contribution in [3.63, 3.8) is 0 Å². The Morgan fingerprint density at radius 2 is 2.00 bits per heavy atom. The number of rotatable bonds is 3. The third kappa shape index (κ3) is 1.88. The lowest BCUT2D eigenvalue weighted by molar-refractivity contribution is 0.676. The van der Waals surface area contributed by atoms with Crippen molar-refractivity contribution in [3.8, 4) is 0 Å². The zero-order chi connectivity index (χ0) is 11.4. The first-order valence-electron chi connectivity index (χ1n) is 5.88. The maximum absolute atomic E-state index is 3.99. The van der Waals surface area contributed by atoms with Crippen molar-refractivity contribution in [2.75, 3.05) is 0 Å². The van der Waals surface area contributed by atoms with Gasteiger partial charge in [0.2, 0.25) is 0 Å². The van der Waals surface area contributed by atoms with Gasteiger partial charge in [0.15, 0.2) is 0 Å². The van der Waals surface area contributed by atoms with Crippen LogP contribution in [0.15, 0.2) is 61.2 Å². The van der Waals surface area contributed by atoms with E-state index in [-0.39, 0.29) is 5.41 Å². The molecular formula is C16H18. The lowest BCUT2D eigenvalue weighted by Gasteiger charge is -2.28. The van der Waals surface area contributed by atoms with Gasteiger partial charge in [0.05, 0.1) is 0 Å². The lowest BCUT2D eigenvalue weighted by Crippen LogP contribution is -2.20. The first-order valence-corrected chi connectivity index (χ1v) is 5.88. The van der Waals surface area contributed by atoms with Gasteiger partial charge in [-0.2, -0.15) is 0 Å². The van der Waals surface area contributed by atoms with Crippen molar-refractivity contribution in [1.29, 1.82) is 0 Å². The SMILES string of the molecule is C=CC1(c2ccc(CC)cc2)C=CC=CC1. The van der Waals surface area contributed by atoms with Crippen LogP contribution in [0.2, 0.25) is 0 Å². The van der Waals surface area contributed by atoms with Crippen LogP contribution in [0.25, 0.3) is 0 Å². The molecule has 0 saturated heterocycles. The number of hydrogen-bond acceptors (Lipinski definition) is 0. The van der Waals surface area contributed by atoms with Gasteiger partial charge < -0.3 is 0 Å². The predicted molar refractivity (Wildman–Crippen MR) is 70.6 cm³/mol. The molecule has 0 bridgehead atoms. The number of benzene rings is 1. The molecule has 1 aliphatic rings. The van der Waals surface area contributed by atoms with E-state index < -0.39 is 0 Å². The minimum absolute atomic E-state index is 0.00101. The third-order valence-electron chi connectivity index (χ3n) is 3.36. The van der Waals surface area contributed by atoms with Crippen molar-refractivity contribution >= 4 is 0 Å². The zero-order valence-electron chi connectivity index (χ0n) is 9.82. The van der Waals surface area contributed by atoms with E-state index in [0.717, 1.165) is 12.8 Å². The van der Waals surface area contributed by atoms with Crippen LogP contribution >= 0.6 is 0 Å². The highest BCUT2D eigenvalue weighted by Crippen LogP contribution is 2.33. The Morgan fingerprint density at radius 1 is 1.25 bits per heavy atom. The molecule has 0 heterocycles. The van der Waals surface area contributed by atoms with Gasteiger partial charge in [-0.15, -0.1) is 6.58 Å². The van der Waals surface area contributed by atoms with E-state index in [0.29, 0.717) is 0 Å². The monoisotopic (exact) mass is 210 g/mol. The van der Waals surface area contributed by atoms with Gasteiger partial charge in [-0.3, -0.25) is 0 Å². The average Bonchev–Trinajstić information content (AvgIpc) is 2.39. The van der Waals surface area contributed by atoms with Crippen LogP contribution in [0.3, 0.4) is 0 Å². The molecule has 1 aliphatic carbocycles. The standard InChI is InChI=1S/C16H18/c1-3-14-8-10-15(11-9-14)16(4-2)12-6-5-7-13-16/h4-12H,2-3,13H2,1H3. The number of hydrogen-bond donors (Lipinski definition) is 0. The molecule has 0 amide bonds. The highest BCUT2D eigenvalue weighted by atomic mass is 14.3. The second-order valence-electron chi connectivity index (χ2n) is 4.29. The van der Waals surface area contributed by atoms with Gasteiger partial charge >= 0.3 is 0 Å². The quantitative estimate of drug-likeness (QED) is 0.656. The van der Waals surface area contributed by atoms with Crippen molar-refractivity contribution < 1.29 is 0 Å². The molecular weight excluding hydrogens is 192 g/mol. The molecule has 1 atom stereocenters. The van der Waals surface area contributed by atoms with E-state index in [1.807, 2.05) is 6.08 Å². The van der Waals surface area contributed by atoms with E-state index in [2.05, 4.69) is 62.1 Å². The first-order chi connectivity index (χ1) is 7.80. The van der Waals surface area contributed by atoms with E-state index in [4.69, 9.17) is 0 Å². The molecule has 0 nitrogen and oxygen atoms in total. The molecule has 0 saturated carbocycles. The highest BCUT2D eigenvalue weighted by molar-refractivity contribution is 5.41. The minimum Gasteiger partial charge on any atom is -0.102 e. The van der Waals surface area contributed by atoms with Gasteiger partial charge in [0.25, 0.3) is 0 Å². The summed E-state index contributed by atoms with van der Waals surface area (Å²) in [7, 11) is 0. The van der Waals surface area contributed by atoms with Crippen LogP contribution in [0.4, 0.5) is 0 Å². The van der Waals surface area contributed by atoms with Gasteiger partial charge in [-0.1, -0.05) is 61.6 Å². The Morgan fingerprint density at radius 3 is 2.50 bits per heavy atom. The minimum atomic E-state index is 0.00101. The van der Waals surface area contributed by atoms with Crippen molar-refractivity contribution in [1.82, 2.24) is 0 Å². The fourth-order valence-electron chi connectivity index (χ4n) is 2.17. The molecule has 0 radical (unpaired) electrons. The summed E-state index contributed by atoms with van der Waals surface area (Å²) in [5, 5.41) is 0. The molecule has 82 valence electrons. The Labute approximate surface area is 98.0 Å². The molecule has 16 heavy (non-hydrogen) atoms. The predicted octanol–water partition coefficient (Wildman–Crippen LogP) is 4.19. The molecule has 0 spiro atoms. The molecule has 2 rings (SSSR count). The summed E-state index contributed by atoms with van der Waals surface area (Å²) in [4.78, 5) is 0. The van der Waals surface area contributed by atoms with Crippen LogP contribution in [0, 0.1) is 0 Å². The topological polar surface area (TPSA) is 0 Å². The van der Waals surface area contributed by atoms with Crippen molar-refractivity contribution in [3.05, 3.63) is 72.4 Å². The zero-order valence-corrected chi connectivity index (χ0v) is 9.82. The van der Waals surface area contributed by atoms with Crippen LogP contribution < -0.4 is 0 Å². The van der Waals surface area contributed by atoms with E-state index >= 15 is 0 Å². The van der Waals surface area contributed by atoms with Gasteiger partial charge in [0.1, 0.15) is 0 Å².